The summed E-state index contributed by atoms with van der Waals surface area (Å²) in [5.41, 5.74) is 4.61. The van der Waals surface area contributed by atoms with E-state index >= 15 is 0 Å². The molecule has 5 heteroatoms. The molecule has 1 aliphatic rings. The summed E-state index contributed by atoms with van der Waals surface area (Å²) < 4.78 is 1.19. The first-order valence-electron chi connectivity index (χ1n) is 7.83. The SMILES string of the molecule is CP(C)C[C](C)([Hf][CH]1C=Cc2ccccc21)c1ccccc1.Cl.Cl.Cl. The van der Waals surface area contributed by atoms with E-state index in [0.29, 0.717) is 3.17 Å². The van der Waals surface area contributed by atoms with Gasteiger partial charge in [0.25, 0.3) is 0 Å². The van der Waals surface area contributed by atoms with Crippen LogP contribution < -0.4 is 0 Å². The second-order valence-corrected chi connectivity index (χ2v) is 16.3. The number of allylic oxidation sites excluding steroid dienone is 1. The van der Waals surface area contributed by atoms with E-state index in [1.165, 1.54) is 11.7 Å². The molecular weight excluding hydrogens is 556 g/mol. The van der Waals surface area contributed by atoms with Gasteiger partial charge in [-0.15, -0.1) is 37.2 Å². The first-order valence-corrected chi connectivity index (χ1v) is 14.1. The van der Waals surface area contributed by atoms with Crippen molar-refractivity contribution in [2.75, 3.05) is 19.5 Å². The third-order valence-corrected chi connectivity index (χ3v) is 13.5. The minimum Gasteiger partial charge on any atom is -0.147 e. The number of hydrogen-bond acceptors (Lipinski definition) is 0. The molecule has 0 N–H and O–H groups in total. The Bertz CT molecular complexity index is 676. The van der Waals surface area contributed by atoms with Crippen molar-refractivity contribution < 1.29 is 22.9 Å². The molecule has 2 aromatic carbocycles. The van der Waals surface area contributed by atoms with E-state index in [0.717, 1.165) is 3.67 Å². The summed E-state index contributed by atoms with van der Waals surface area (Å²) >= 11 is -0.921. The summed E-state index contributed by atoms with van der Waals surface area (Å²) in [6.07, 6.45) is 6.21. The second kappa shape index (κ2) is 11.3. The van der Waals surface area contributed by atoms with Gasteiger partial charge in [-0.2, -0.15) is 0 Å². The first kappa shape index (κ1) is 25.4. The van der Waals surface area contributed by atoms with Gasteiger partial charge in [0.15, 0.2) is 0 Å². The van der Waals surface area contributed by atoms with Crippen molar-refractivity contribution in [2.24, 2.45) is 0 Å². The average Bonchev–Trinajstić information content (AvgIpc) is 2.90. The van der Waals surface area contributed by atoms with E-state index < -0.39 is 22.9 Å². The van der Waals surface area contributed by atoms with Crippen LogP contribution in [-0.4, -0.2) is 19.5 Å². The van der Waals surface area contributed by atoms with E-state index in [1.807, 2.05) is 0 Å². The summed E-state index contributed by atoms with van der Waals surface area (Å²) in [4.78, 5) is 0. The molecule has 0 saturated heterocycles. The topological polar surface area (TPSA) is 0 Å². The molecule has 3 rings (SSSR count). The molecule has 0 nitrogen and oxygen atoms in total. The van der Waals surface area contributed by atoms with Crippen molar-refractivity contribution in [3.05, 3.63) is 77.4 Å². The number of fused-ring (bicyclic) bond motifs is 1. The Hall–Kier alpha value is 0.350. The molecule has 136 valence electrons. The number of benzene rings is 2. The Morgan fingerprint density at radius 2 is 1.52 bits per heavy atom. The van der Waals surface area contributed by atoms with Crippen LogP contribution in [0.1, 0.15) is 27.3 Å². The van der Waals surface area contributed by atoms with Crippen LogP contribution in [0.5, 0.6) is 0 Å². The third-order valence-electron chi connectivity index (χ3n) is 4.32. The van der Waals surface area contributed by atoms with Crippen molar-refractivity contribution in [2.45, 2.75) is 13.8 Å². The molecular formula is C20H26Cl3HfP. The first-order chi connectivity index (χ1) is 10.6. The molecule has 1 aliphatic carbocycles. The quantitative estimate of drug-likeness (QED) is 0.270. The van der Waals surface area contributed by atoms with Gasteiger partial charge in [0.2, 0.25) is 0 Å². The van der Waals surface area contributed by atoms with E-state index in [4.69, 9.17) is 0 Å². The zero-order chi connectivity index (χ0) is 15.6. The van der Waals surface area contributed by atoms with Crippen LogP contribution >= 0.6 is 45.1 Å². The monoisotopic (exact) mass is 582 g/mol. The Morgan fingerprint density at radius 3 is 2.16 bits per heavy atom. The minimum atomic E-state index is -0.921. The maximum Gasteiger partial charge on any atom is -0.147 e. The third kappa shape index (κ3) is 6.18. The molecule has 0 fully saturated rings. The molecule has 0 amide bonds. The predicted molar refractivity (Wildman–Crippen MR) is 117 cm³/mol. The van der Waals surface area contributed by atoms with Crippen molar-refractivity contribution in [1.82, 2.24) is 0 Å². The minimum absolute atomic E-state index is 0. The van der Waals surface area contributed by atoms with E-state index in [1.54, 1.807) is 11.1 Å². The van der Waals surface area contributed by atoms with Gasteiger partial charge in [-0.3, -0.25) is 0 Å². The Morgan fingerprint density at radius 1 is 0.920 bits per heavy atom. The summed E-state index contributed by atoms with van der Waals surface area (Å²) in [5, 5.41) is 0. The van der Waals surface area contributed by atoms with Crippen LogP contribution in [0, 0.1) is 0 Å². The van der Waals surface area contributed by atoms with Crippen molar-refractivity contribution in [1.29, 1.82) is 0 Å². The van der Waals surface area contributed by atoms with Crippen molar-refractivity contribution >= 4 is 51.2 Å². The molecule has 25 heavy (non-hydrogen) atoms. The number of halogens is 3. The van der Waals surface area contributed by atoms with Crippen LogP contribution in [-0.2, 0) is 26.1 Å². The van der Waals surface area contributed by atoms with Crippen LogP contribution in [0.3, 0.4) is 0 Å². The summed E-state index contributed by atoms with van der Waals surface area (Å²) in [7, 11) is 0.125. The molecule has 2 aromatic rings. The number of rotatable bonds is 5. The summed E-state index contributed by atoms with van der Waals surface area (Å²) in [6, 6.07) is 20.3. The largest absolute Gasteiger partial charge is 0.147 e. The van der Waals surface area contributed by atoms with Crippen LogP contribution in [0.2, 0.25) is 0 Å². The zero-order valence-electron chi connectivity index (χ0n) is 14.8. The molecule has 0 bridgehead atoms. The fourth-order valence-corrected chi connectivity index (χ4v) is 15.2. The summed E-state index contributed by atoms with van der Waals surface area (Å²) in [6.45, 7) is 7.40. The Kier molecular flexibility index (Phi) is 11.4. The van der Waals surface area contributed by atoms with Gasteiger partial charge in [-0.25, -0.2) is 0 Å². The predicted octanol–water partition coefficient (Wildman–Crippen LogP) is 6.76. The second-order valence-electron chi connectivity index (χ2n) is 6.55. The molecule has 0 radical (unpaired) electrons. The standard InChI is InChI=1S/C11H16P.C9H7.3ClH.Hf/c1-10(9-12(2)3)11-7-5-4-6-8-11;1-2-5-9-7-3-6-8(9)4-1;;;;/h4-8H,9H2,1-3H3;1-7H;3*1H;. The fraction of sp³-hybridized carbons (Fsp3) is 0.300. The smallest absolute Gasteiger partial charge is 0.147 e. The van der Waals surface area contributed by atoms with Gasteiger partial charge in [0, 0.05) is 0 Å². The molecule has 0 spiro atoms. The van der Waals surface area contributed by atoms with Crippen LogP contribution in [0.25, 0.3) is 6.08 Å². The molecule has 2 atom stereocenters. The van der Waals surface area contributed by atoms with Crippen LogP contribution in [0.4, 0.5) is 0 Å². The molecule has 0 saturated carbocycles. The van der Waals surface area contributed by atoms with Gasteiger partial charge in [0.05, 0.1) is 0 Å². The van der Waals surface area contributed by atoms with Gasteiger partial charge in [0.1, 0.15) is 0 Å². The maximum atomic E-state index is 2.54. The van der Waals surface area contributed by atoms with E-state index in [2.05, 4.69) is 87.0 Å². The molecule has 2 unspecified atom stereocenters. The van der Waals surface area contributed by atoms with Gasteiger partial charge in [-0.1, -0.05) is 0 Å². The summed E-state index contributed by atoms with van der Waals surface area (Å²) in [5.74, 6) is 0. The average molecular weight is 582 g/mol. The van der Waals surface area contributed by atoms with E-state index in [9.17, 15) is 0 Å². The van der Waals surface area contributed by atoms with Crippen molar-refractivity contribution in [3.8, 4) is 0 Å². The van der Waals surface area contributed by atoms with Crippen LogP contribution in [0.15, 0.2) is 60.7 Å². The van der Waals surface area contributed by atoms with Gasteiger partial charge >= 0.3 is 148 Å². The van der Waals surface area contributed by atoms with Gasteiger partial charge in [-0.05, 0) is 0 Å². The molecule has 0 aromatic heterocycles. The fourth-order valence-electron chi connectivity index (χ4n) is 3.38. The van der Waals surface area contributed by atoms with E-state index in [-0.39, 0.29) is 45.1 Å². The molecule has 0 aliphatic heterocycles. The Labute approximate surface area is 183 Å². The zero-order valence-corrected chi connectivity index (χ0v) is 21.7. The van der Waals surface area contributed by atoms with Gasteiger partial charge < -0.3 is 0 Å². The van der Waals surface area contributed by atoms with Crippen molar-refractivity contribution in [3.63, 3.8) is 0 Å². The number of hydrogen-bond donors (Lipinski definition) is 0. The normalized spacial score (nSPS) is 16.7. The Balaban J connectivity index is 0.00000192. The maximum absolute atomic E-state index is 2.54. The molecule has 0 heterocycles.